The molecule has 0 aliphatic heterocycles. The Hall–Kier alpha value is -3.19. The van der Waals surface area contributed by atoms with Gasteiger partial charge in [0.25, 0.3) is 0 Å². The first-order valence-electron chi connectivity index (χ1n) is 7.90. The second-order valence-electron chi connectivity index (χ2n) is 5.17. The first-order chi connectivity index (χ1) is 12.0. The Balaban J connectivity index is 3.05. The third-order valence-electron chi connectivity index (χ3n) is 3.26. The minimum Gasteiger partial charge on any atom is -0.493 e. The van der Waals surface area contributed by atoms with Crippen molar-refractivity contribution in [1.29, 1.82) is 10.5 Å². The van der Waals surface area contributed by atoms with E-state index in [0.29, 0.717) is 24.7 Å². The van der Waals surface area contributed by atoms with Crippen LogP contribution in [-0.4, -0.2) is 26.2 Å². The number of nitrogens with zero attached hydrogens (tertiary/aromatic N) is 2. The fourth-order valence-electron chi connectivity index (χ4n) is 2.11. The number of amides is 1. The van der Waals surface area contributed by atoms with Gasteiger partial charge < -0.3 is 20.1 Å². The first-order valence-corrected chi connectivity index (χ1v) is 7.90. The average molecular weight is 342 g/mol. The number of hydrogen-bond donors (Lipinski definition) is 2. The summed E-state index contributed by atoms with van der Waals surface area (Å²) in [5, 5.41) is 23.3. The number of anilines is 1. The predicted octanol–water partition coefficient (Wildman–Crippen LogP) is 2.51. The maximum Gasteiger partial charge on any atom is 0.216 e. The molecule has 0 saturated carbocycles. The summed E-state index contributed by atoms with van der Waals surface area (Å²) in [5.41, 5.74) is 1.70. The Bertz CT molecular complexity index is 698. The first kappa shape index (κ1) is 19.9. The molecule has 0 fully saturated rings. The van der Waals surface area contributed by atoms with Gasteiger partial charge in [0.1, 0.15) is 24.3 Å². The summed E-state index contributed by atoms with van der Waals surface area (Å²) in [6, 6.07) is 7.24. The number of carbonyl (C=O) groups is 1. The van der Waals surface area contributed by atoms with Crippen LogP contribution in [0.25, 0.3) is 0 Å². The van der Waals surface area contributed by atoms with Crippen LogP contribution in [0.15, 0.2) is 23.9 Å². The standard InChI is InChI=1S/C18H22N4O3/c1-4-5-15-8-17(24-3)18(25-7-6-21-13(2)23)9-16(15)22-12-14(10-19)11-20/h8-9,12,22H,4-7H2,1-3H3,(H,21,23). The molecule has 0 unspecified atom stereocenters. The van der Waals surface area contributed by atoms with E-state index in [-0.39, 0.29) is 11.5 Å². The smallest absolute Gasteiger partial charge is 0.216 e. The molecule has 2 N–H and O–H groups in total. The molecule has 25 heavy (non-hydrogen) atoms. The zero-order chi connectivity index (χ0) is 18.7. The maximum atomic E-state index is 10.9. The summed E-state index contributed by atoms with van der Waals surface area (Å²) < 4.78 is 11.1. The van der Waals surface area contributed by atoms with Gasteiger partial charge in [0.05, 0.1) is 13.7 Å². The lowest BCUT2D eigenvalue weighted by molar-refractivity contribution is -0.119. The highest BCUT2D eigenvalue weighted by molar-refractivity contribution is 5.72. The van der Waals surface area contributed by atoms with Crippen LogP contribution in [0, 0.1) is 22.7 Å². The minimum atomic E-state index is -0.123. The topological polar surface area (TPSA) is 107 Å². The van der Waals surface area contributed by atoms with Crippen molar-refractivity contribution in [2.45, 2.75) is 26.7 Å². The summed E-state index contributed by atoms with van der Waals surface area (Å²) in [7, 11) is 1.56. The minimum absolute atomic E-state index is 0.0219. The van der Waals surface area contributed by atoms with Gasteiger partial charge in [-0.1, -0.05) is 13.3 Å². The van der Waals surface area contributed by atoms with Crippen molar-refractivity contribution in [2.75, 3.05) is 25.6 Å². The number of aryl methyl sites for hydroxylation is 1. The number of nitriles is 2. The number of hydrogen-bond acceptors (Lipinski definition) is 6. The molecule has 0 radical (unpaired) electrons. The largest absolute Gasteiger partial charge is 0.493 e. The van der Waals surface area contributed by atoms with E-state index in [4.69, 9.17) is 20.0 Å². The van der Waals surface area contributed by atoms with Crippen LogP contribution >= 0.6 is 0 Å². The van der Waals surface area contributed by atoms with E-state index in [1.807, 2.05) is 6.07 Å². The van der Waals surface area contributed by atoms with Crippen LogP contribution in [0.1, 0.15) is 25.8 Å². The van der Waals surface area contributed by atoms with Crippen LogP contribution < -0.4 is 20.1 Å². The van der Waals surface area contributed by atoms with E-state index in [1.165, 1.54) is 13.1 Å². The fraction of sp³-hybridized carbons (Fsp3) is 0.389. The SMILES string of the molecule is CCCc1cc(OC)c(OCCNC(C)=O)cc1NC=C(C#N)C#N. The number of nitrogens with one attached hydrogen (secondary N) is 2. The van der Waals surface area contributed by atoms with E-state index in [2.05, 4.69) is 17.6 Å². The van der Waals surface area contributed by atoms with Gasteiger partial charge in [0.15, 0.2) is 11.5 Å². The molecular formula is C18H22N4O3. The van der Waals surface area contributed by atoms with Crippen LogP contribution in [0.4, 0.5) is 5.69 Å². The van der Waals surface area contributed by atoms with Gasteiger partial charge >= 0.3 is 0 Å². The Morgan fingerprint density at radius 1 is 1.28 bits per heavy atom. The zero-order valence-corrected chi connectivity index (χ0v) is 14.7. The van der Waals surface area contributed by atoms with E-state index >= 15 is 0 Å². The van der Waals surface area contributed by atoms with E-state index in [1.54, 1.807) is 25.3 Å². The zero-order valence-electron chi connectivity index (χ0n) is 14.7. The quantitative estimate of drug-likeness (QED) is 0.527. The predicted molar refractivity (Wildman–Crippen MR) is 94.1 cm³/mol. The lowest BCUT2D eigenvalue weighted by Crippen LogP contribution is -2.25. The van der Waals surface area contributed by atoms with E-state index < -0.39 is 0 Å². The molecule has 0 atom stereocenters. The van der Waals surface area contributed by atoms with Gasteiger partial charge in [0, 0.05) is 24.9 Å². The van der Waals surface area contributed by atoms with Gasteiger partial charge in [0.2, 0.25) is 5.91 Å². The lowest BCUT2D eigenvalue weighted by atomic mass is 10.1. The molecule has 0 saturated heterocycles. The highest BCUT2D eigenvalue weighted by atomic mass is 16.5. The van der Waals surface area contributed by atoms with Crippen LogP contribution in [-0.2, 0) is 11.2 Å². The normalized spacial score (nSPS) is 9.32. The van der Waals surface area contributed by atoms with E-state index in [9.17, 15) is 4.79 Å². The third kappa shape index (κ3) is 6.44. The van der Waals surface area contributed by atoms with Gasteiger partial charge in [-0.15, -0.1) is 0 Å². The van der Waals surface area contributed by atoms with Crippen molar-refractivity contribution in [1.82, 2.24) is 5.32 Å². The summed E-state index contributed by atoms with van der Waals surface area (Å²) in [5.74, 6) is 0.975. The summed E-state index contributed by atoms with van der Waals surface area (Å²) in [4.78, 5) is 10.9. The van der Waals surface area contributed by atoms with Gasteiger partial charge in [-0.05, 0) is 18.1 Å². The fourth-order valence-corrected chi connectivity index (χ4v) is 2.11. The lowest BCUT2D eigenvalue weighted by Gasteiger charge is -2.16. The van der Waals surface area contributed by atoms with Crippen molar-refractivity contribution in [2.24, 2.45) is 0 Å². The van der Waals surface area contributed by atoms with Crippen molar-refractivity contribution >= 4 is 11.6 Å². The monoisotopic (exact) mass is 342 g/mol. The number of methoxy groups -OCH3 is 1. The van der Waals surface area contributed by atoms with Gasteiger partial charge in [-0.2, -0.15) is 10.5 Å². The van der Waals surface area contributed by atoms with Crippen molar-refractivity contribution in [3.63, 3.8) is 0 Å². The Kier molecular flexibility index (Phi) is 8.39. The third-order valence-corrected chi connectivity index (χ3v) is 3.26. The Morgan fingerprint density at radius 2 is 2.00 bits per heavy atom. The molecule has 132 valence electrons. The Morgan fingerprint density at radius 3 is 2.56 bits per heavy atom. The molecule has 0 aliphatic rings. The van der Waals surface area contributed by atoms with Gasteiger partial charge in [-0.25, -0.2) is 0 Å². The number of ether oxygens (including phenoxy) is 2. The average Bonchev–Trinajstić information content (AvgIpc) is 2.60. The molecule has 1 amide bonds. The maximum absolute atomic E-state index is 10.9. The van der Waals surface area contributed by atoms with Crippen molar-refractivity contribution in [3.05, 3.63) is 29.5 Å². The van der Waals surface area contributed by atoms with Crippen LogP contribution in [0.2, 0.25) is 0 Å². The molecule has 0 aromatic heterocycles. The molecule has 0 aliphatic carbocycles. The number of benzene rings is 1. The molecule has 7 heteroatoms. The van der Waals surface area contributed by atoms with Crippen LogP contribution in [0.3, 0.4) is 0 Å². The molecule has 7 nitrogen and oxygen atoms in total. The summed E-state index contributed by atoms with van der Waals surface area (Å²) in [6.45, 7) is 4.17. The van der Waals surface area contributed by atoms with Gasteiger partial charge in [-0.3, -0.25) is 4.79 Å². The second-order valence-corrected chi connectivity index (χ2v) is 5.17. The molecule has 1 rings (SSSR count). The highest BCUT2D eigenvalue weighted by Crippen LogP contribution is 2.34. The molecule has 1 aromatic rings. The molecule has 0 heterocycles. The number of allylic oxidation sites excluding steroid dienone is 1. The van der Waals surface area contributed by atoms with Crippen molar-refractivity contribution < 1.29 is 14.3 Å². The van der Waals surface area contributed by atoms with Crippen molar-refractivity contribution in [3.8, 4) is 23.6 Å². The number of rotatable bonds is 9. The molecule has 0 spiro atoms. The second kappa shape index (κ2) is 10.6. The van der Waals surface area contributed by atoms with Crippen LogP contribution in [0.5, 0.6) is 11.5 Å². The van der Waals surface area contributed by atoms with E-state index in [0.717, 1.165) is 24.1 Å². The molecule has 1 aromatic carbocycles. The highest BCUT2D eigenvalue weighted by Gasteiger charge is 2.11. The summed E-state index contributed by atoms with van der Waals surface area (Å²) in [6.07, 6.45) is 3.09. The molecular weight excluding hydrogens is 320 g/mol. The number of carbonyl (C=O) groups excluding carboxylic acids is 1. The summed E-state index contributed by atoms with van der Waals surface area (Å²) >= 11 is 0. The Labute approximate surface area is 147 Å². The molecule has 0 bridgehead atoms.